The van der Waals surface area contributed by atoms with E-state index in [1.165, 1.54) is 0 Å². The lowest BCUT2D eigenvalue weighted by Crippen LogP contribution is -1.97. The van der Waals surface area contributed by atoms with Crippen LogP contribution in [0.1, 0.15) is 11.3 Å². The van der Waals surface area contributed by atoms with E-state index in [-0.39, 0.29) is 17.9 Å². The molecule has 0 amide bonds. The van der Waals surface area contributed by atoms with Crippen LogP contribution in [0.3, 0.4) is 0 Å². The molecular weight excluding hydrogens is 359 g/mol. The summed E-state index contributed by atoms with van der Waals surface area (Å²) >= 11 is 6.24. The number of hydrogen-bond acceptors (Lipinski definition) is 3. The van der Waals surface area contributed by atoms with Crippen LogP contribution in [0.2, 0.25) is 5.02 Å². The highest BCUT2D eigenvalue weighted by Crippen LogP contribution is 2.33. The van der Waals surface area contributed by atoms with E-state index < -0.39 is 0 Å². The Morgan fingerprint density at radius 2 is 1.84 bits per heavy atom. The van der Waals surface area contributed by atoms with Crippen LogP contribution in [-0.2, 0) is 0 Å². The molecule has 2 heterocycles. The van der Waals surface area contributed by atoms with Crippen LogP contribution >= 0.6 is 24.0 Å². The number of nitrogens with zero attached hydrogens (tertiary/aromatic N) is 2. The first kappa shape index (κ1) is 19.0. The topological polar surface area (TPSA) is 85.1 Å². The van der Waals surface area contributed by atoms with Gasteiger partial charge in [0, 0.05) is 27.3 Å². The first-order chi connectivity index (χ1) is 11.1. The molecule has 25 heavy (non-hydrogen) atoms. The Morgan fingerprint density at radius 3 is 2.64 bits per heavy atom. The van der Waals surface area contributed by atoms with Gasteiger partial charge >= 0.3 is 0 Å². The Hall–Kier alpha value is -2.34. The van der Waals surface area contributed by atoms with Crippen molar-refractivity contribution in [2.45, 2.75) is 13.8 Å². The van der Waals surface area contributed by atoms with Gasteiger partial charge in [0.25, 0.3) is 0 Å². The largest absolute Gasteiger partial charge is 0.412 e. The quantitative estimate of drug-likeness (QED) is 0.530. The predicted octanol–water partition coefficient (Wildman–Crippen LogP) is 4.72. The van der Waals surface area contributed by atoms with E-state index in [1.54, 1.807) is 6.33 Å². The van der Waals surface area contributed by atoms with Gasteiger partial charge < -0.3 is 15.8 Å². The lowest BCUT2D eigenvalue weighted by Gasteiger charge is -2.14. The van der Waals surface area contributed by atoms with Gasteiger partial charge in [-0.2, -0.15) is 0 Å². The first-order valence-electron chi connectivity index (χ1n) is 7.38. The van der Waals surface area contributed by atoms with Crippen molar-refractivity contribution in [1.29, 1.82) is 0 Å². The second-order valence-corrected chi connectivity index (χ2v) is 6.04. The predicted molar refractivity (Wildman–Crippen MR) is 106 cm³/mol. The zero-order valence-corrected chi connectivity index (χ0v) is 15.3. The Morgan fingerprint density at radius 1 is 1.04 bits per heavy atom. The van der Waals surface area contributed by atoms with Crippen LogP contribution in [0, 0.1) is 13.8 Å². The number of hydrogen-bond donors (Lipinski definition) is 2. The fraction of sp³-hybridized carbons (Fsp3) is 0.111. The zero-order chi connectivity index (χ0) is 16.0. The maximum absolute atomic E-state index is 6.24. The smallest absolute Gasteiger partial charge is 0.116 e. The summed E-state index contributed by atoms with van der Waals surface area (Å²) in [5.41, 5.74) is 6.88. The van der Waals surface area contributed by atoms with Crippen molar-refractivity contribution in [2.75, 3.05) is 5.32 Å². The molecular formula is C18H18Cl2N4O. The van der Waals surface area contributed by atoms with Gasteiger partial charge in [-0.25, -0.2) is 9.97 Å². The molecule has 7 heteroatoms. The van der Waals surface area contributed by atoms with Gasteiger partial charge in [-0.15, -0.1) is 12.4 Å². The molecule has 4 N–H and O–H groups in total. The van der Waals surface area contributed by atoms with Gasteiger partial charge in [-0.3, -0.25) is 0 Å². The Labute approximate surface area is 156 Å². The minimum Gasteiger partial charge on any atom is -0.412 e. The molecule has 4 aromatic rings. The second-order valence-electron chi connectivity index (χ2n) is 5.63. The molecule has 0 saturated carbocycles. The highest BCUT2D eigenvalue weighted by Gasteiger charge is 2.11. The van der Waals surface area contributed by atoms with Crippen LogP contribution < -0.4 is 5.32 Å². The minimum absolute atomic E-state index is 0. The summed E-state index contributed by atoms with van der Waals surface area (Å²) in [5, 5.41) is 5.29. The Kier molecular flexibility index (Phi) is 5.52. The summed E-state index contributed by atoms with van der Waals surface area (Å²) in [6.45, 7) is 4.04. The molecule has 0 fully saturated rings. The second kappa shape index (κ2) is 7.27. The lowest BCUT2D eigenvalue weighted by molar-refractivity contribution is 0.824. The molecule has 0 aliphatic carbocycles. The van der Waals surface area contributed by atoms with E-state index in [2.05, 4.69) is 26.3 Å². The molecule has 2 aromatic heterocycles. The number of pyridine rings is 1. The molecule has 5 nitrogen and oxygen atoms in total. The molecule has 2 aromatic carbocycles. The number of nitrogens with one attached hydrogen (secondary N) is 2. The van der Waals surface area contributed by atoms with Crippen molar-refractivity contribution < 1.29 is 5.48 Å². The van der Waals surface area contributed by atoms with Gasteiger partial charge in [0.05, 0.1) is 11.2 Å². The third kappa shape index (κ3) is 3.26. The maximum Gasteiger partial charge on any atom is 0.116 e. The van der Waals surface area contributed by atoms with Gasteiger partial charge in [-0.1, -0.05) is 17.7 Å². The average molecular weight is 377 g/mol. The number of aryl methyl sites for hydroxylation is 1. The molecule has 0 radical (unpaired) electrons. The Bertz CT molecular complexity index is 1050. The summed E-state index contributed by atoms with van der Waals surface area (Å²) in [4.78, 5) is 12.1. The van der Waals surface area contributed by atoms with Crippen molar-refractivity contribution in [2.24, 2.45) is 0 Å². The first-order valence-corrected chi connectivity index (χ1v) is 7.76. The number of benzene rings is 2. The third-order valence-corrected chi connectivity index (χ3v) is 4.45. The van der Waals surface area contributed by atoms with E-state index in [9.17, 15) is 0 Å². The standard InChI is InChI=1S/C18H15ClN4.ClH.H2O/c1-10-8-16(23-13-5-3-4-12(19)11(13)2)17-14(22-10)6-7-15-18(17)21-9-20-15;;/h3-9,22-23H,1-2H3;1H;1H2. The molecule has 0 unspecified atom stereocenters. The lowest BCUT2D eigenvalue weighted by atomic mass is 10.1. The van der Waals surface area contributed by atoms with Gasteiger partial charge in [0.1, 0.15) is 11.8 Å². The number of rotatable bonds is 2. The van der Waals surface area contributed by atoms with E-state index >= 15 is 0 Å². The Balaban J connectivity index is 0.00000113. The van der Waals surface area contributed by atoms with E-state index in [1.807, 2.05) is 44.2 Å². The summed E-state index contributed by atoms with van der Waals surface area (Å²) in [6.07, 6.45) is 1.60. The van der Waals surface area contributed by atoms with Crippen LogP contribution in [0.25, 0.3) is 21.9 Å². The zero-order valence-electron chi connectivity index (χ0n) is 13.7. The van der Waals surface area contributed by atoms with E-state index in [0.29, 0.717) is 0 Å². The number of aromatic nitrogens is 3. The SMILES string of the molecule is Cc1cc(Nc2cccc(Cl)c2C)c2c(ccc3ncnc32)[nH]1.Cl.O. The summed E-state index contributed by atoms with van der Waals surface area (Å²) in [7, 11) is 0. The molecule has 0 spiro atoms. The maximum atomic E-state index is 6.24. The van der Waals surface area contributed by atoms with Crippen LogP contribution in [0.5, 0.6) is 0 Å². The molecule has 4 rings (SSSR count). The molecule has 0 aliphatic heterocycles. The fourth-order valence-corrected chi connectivity index (χ4v) is 3.04. The van der Waals surface area contributed by atoms with E-state index in [0.717, 1.165) is 49.6 Å². The van der Waals surface area contributed by atoms with Crippen LogP contribution in [0.15, 0.2) is 42.7 Å². The third-order valence-electron chi connectivity index (χ3n) is 4.04. The van der Waals surface area contributed by atoms with Gasteiger partial charge in [-0.05, 0) is 49.7 Å². The summed E-state index contributed by atoms with van der Waals surface area (Å²) in [6, 6.07) is 12.0. The molecule has 0 bridgehead atoms. The van der Waals surface area contributed by atoms with Crippen molar-refractivity contribution in [1.82, 2.24) is 15.0 Å². The van der Waals surface area contributed by atoms with Gasteiger partial charge in [0.15, 0.2) is 0 Å². The van der Waals surface area contributed by atoms with Crippen molar-refractivity contribution in [3.63, 3.8) is 0 Å². The number of H-pyrrole nitrogens is 1. The average Bonchev–Trinajstić information content (AvgIpc) is 3.00. The van der Waals surface area contributed by atoms with Gasteiger partial charge in [0.2, 0.25) is 0 Å². The van der Waals surface area contributed by atoms with Crippen molar-refractivity contribution in [3.8, 4) is 0 Å². The number of anilines is 2. The van der Waals surface area contributed by atoms with Crippen LogP contribution in [-0.4, -0.2) is 20.4 Å². The summed E-state index contributed by atoms with van der Waals surface area (Å²) in [5.74, 6) is 0. The summed E-state index contributed by atoms with van der Waals surface area (Å²) < 4.78 is 0. The normalized spacial score (nSPS) is 10.4. The van der Waals surface area contributed by atoms with Crippen molar-refractivity contribution >= 4 is 57.3 Å². The molecule has 0 saturated heterocycles. The highest BCUT2D eigenvalue weighted by atomic mass is 35.5. The minimum atomic E-state index is 0. The molecule has 0 atom stereocenters. The molecule has 130 valence electrons. The number of aromatic amines is 1. The van der Waals surface area contributed by atoms with Crippen molar-refractivity contribution in [3.05, 3.63) is 59.0 Å². The van der Waals surface area contributed by atoms with Crippen LogP contribution in [0.4, 0.5) is 11.4 Å². The monoisotopic (exact) mass is 376 g/mol. The number of halogens is 2. The van der Waals surface area contributed by atoms with E-state index in [4.69, 9.17) is 11.6 Å². The number of fused-ring (bicyclic) bond motifs is 3. The number of imidazole rings is 1. The molecule has 0 aliphatic rings. The highest BCUT2D eigenvalue weighted by molar-refractivity contribution is 6.31. The fourth-order valence-electron chi connectivity index (χ4n) is 2.86.